The first-order valence-corrected chi connectivity index (χ1v) is 18.6. The fraction of sp³-hybridized carbons (Fsp3) is 0.475. The molecule has 3 aliphatic heterocycles. The van der Waals surface area contributed by atoms with Gasteiger partial charge in [-0.2, -0.15) is 0 Å². The summed E-state index contributed by atoms with van der Waals surface area (Å²) in [6, 6.07) is 8.55. The second-order valence-corrected chi connectivity index (χ2v) is 15.0. The van der Waals surface area contributed by atoms with E-state index in [1.54, 1.807) is 55.2 Å². The summed E-state index contributed by atoms with van der Waals surface area (Å²) >= 11 is 6.76. The Kier molecular flexibility index (Phi) is 11.3. The largest absolute Gasteiger partial charge is 0.496 e. The van der Waals surface area contributed by atoms with Crippen molar-refractivity contribution in [2.45, 2.75) is 70.8 Å². The molecule has 13 heteroatoms. The number of imide groups is 1. The van der Waals surface area contributed by atoms with E-state index in [9.17, 15) is 24.0 Å². The molecular weight excluding hydrogens is 701 g/mol. The van der Waals surface area contributed by atoms with Crippen molar-refractivity contribution >= 4 is 35.4 Å². The average Bonchev–Trinajstić information content (AvgIpc) is 3.15. The van der Waals surface area contributed by atoms with Gasteiger partial charge >= 0.3 is 6.03 Å². The van der Waals surface area contributed by atoms with Crippen molar-refractivity contribution in [3.63, 3.8) is 0 Å². The molecule has 3 saturated heterocycles. The number of rotatable bonds is 7. The highest BCUT2D eigenvalue weighted by Crippen LogP contribution is 2.37. The van der Waals surface area contributed by atoms with E-state index in [4.69, 9.17) is 16.3 Å². The summed E-state index contributed by atoms with van der Waals surface area (Å²) in [4.78, 5) is 68.7. The van der Waals surface area contributed by atoms with E-state index in [0.29, 0.717) is 88.0 Å². The first-order valence-electron chi connectivity index (χ1n) is 18.2. The number of halogens is 2. The fourth-order valence-electron chi connectivity index (χ4n) is 7.99. The van der Waals surface area contributed by atoms with Gasteiger partial charge in [-0.05, 0) is 98.7 Å². The Labute approximate surface area is 314 Å². The van der Waals surface area contributed by atoms with Crippen molar-refractivity contribution in [3.05, 3.63) is 85.5 Å². The third-order valence-electron chi connectivity index (χ3n) is 11.4. The molecule has 1 N–H and O–H groups in total. The molecule has 4 heterocycles. The maximum absolute atomic E-state index is 15.3. The maximum atomic E-state index is 15.3. The number of aromatic nitrogens is 1. The second kappa shape index (κ2) is 15.7. The van der Waals surface area contributed by atoms with Crippen molar-refractivity contribution in [2.24, 2.45) is 13.0 Å². The summed E-state index contributed by atoms with van der Waals surface area (Å²) in [5.41, 5.74) is 4.60. The summed E-state index contributed by atoms with van der Waals surface area (Å²) in [6.45, 7) is 5.58. The zero-order chi connectivity index (χ0) is 38.1. The number of pyridine rings is 1. The molecular formula is C40H47ClFN5O6. The van der Waals surface area contributed by atoms with Crippen molar-refractivity contribution in [1.29, 1.82) is 0 Å². The molecule has 1 atom stereocenters. The quantitative estimate of drug-likeness (QED) is 0.314. The number of carbonyl (C=O) groups excluding carboxylic acids is 4. The van der Waals surface area contributed by atoms with Gasteiger partial charge in [-0.25, -0.2) is 9.18 Å². The zero-order valence-electron chi connectivity index (χ0n) is 31.0. The molecule has 53 heavy (non-hydrogen) atoms. The fourth-order valence-corrected chi connectivity index (χ4v) is 8.29. The van der Waals surface area contributed by atoms with Crippen molar-refractivity contribution in [3.8, 4) is 16.9 Å². The number of nitrogens with one attached hydrogen (secondary N) is 1. The molecule has 0 saturated carbocycles. The van der Waals surface area contributed by atoms with Gasteiger partial charge in [-0.3, -0.25) is 24.5 Å². The van der Waals surface area contributed by atoms with Crippen LogP contribution in [0.1, 0.15) is 77.1 Å². The van der Waals surface area contributed by atoms with Crippen LogP contribution in [0.3, 0.4) is 0 Å². The van der Waals surface area contributed by atoms with Crippen LogP contribution in [0, 0.1) is 25.6 Å². The number of piperidine rings is 3. The van der Waals surface area contributed by atoms with Crippen LogP contribution >= 0.6 is 11.6 Å². The number of carbonyl (C=O) groups is 4. The Morgan fingerprint density at radius 3 is 2.28 bits per heavy atom. The van der Waals surface area contributed by atoms with E-state index in [2.05, 4.69) is 5.32 Å². The Morgan fingerprint density at radius 1 is 0.962 bits per heavy atom. The summed E-state index contributed by atoms with van der Waals surface area (Å²) in [6.07, 6.45) is 5.39. The number of amides is 5. The molecule has 3 aliphatic rings. The summed E-state index contributed by atoms with van der Waals surface area (Å²) in [5, 5.41) is 2.62. The van der Waals surface area contributed by atoms with Crippen LogP contribution in [0.15, 0.2) is 41.3 Å². The lowest BCUT2D eigenvalue weighted by molar-refractivity contribution is -0.136. The summed E-state index contributed by atoms with van der Waals surface area (Å²) in [5.74, 6) is -1.12. The third kappa shape index (κ3) is 7.83. The normalized spacial score (nSPS) is 18.6. The molecule has 1 unspecified atom stereocenters. The van der Waals surface area contributed by atoms with E-state index < -0.39 is 0 Å². The molecule has 2 aromatic carbocycles. The van der Waals surface area contributed by atoms with Crippen LogP contribution < -0.4 is 15.6 Å². The molecule has 3 fully saturated rings. The van der Waals surface area contributed by atoms with Crippen molar-refractivity contribution in [1.82, 2.24) is 24.6 Å². The Balaban J connectivity index is 1.03. The first-order chi connectivity index (χ1) is 25.3. The SMILES string of the molecule is COc1cc(-c2cn(C)c(=O)c(C)c2C)cc(Cl)c1C(=O)N1CCC(N(C)C(=O)N2CCC(c3ccc(CC4CCC(=O)NC4=O)cc3F)CC2)CC1. The predicted octanol–water partition coefficient (Wildman–Crippen LogP) is 5.60. The van der Waals surface area contributed by atoms with Crippen molar-refractivity contribution < 1.29 is 28.3 Å². The average molecular weight is 748 g/mol. The number of aryl methyl sites for hydroxylation is 1. The zero-order valence-corrected chi connectivity index (χ0v) is 31.7. The lowest BCUT2D eigenvalue weighted by atomic mass is 9.86. The van der Waals surface area contributed by atoms with Crippen molar-refractivity contribution in [2.75, 3.05) is 40.3 Å². The van der Waals surface area contributed by atoms with E-state index in [1.807, 2.05) is 17.9 Å². The van der Waals surface area contributed by atoms with Crippen LogP contribution in [-0.2, 0) is 23.1 Å². The predicted molar refractivity (Wildman–Crippen MR) is 200 cm³/mol. The summed E-state index contributed by atoms with van der Waals surface area (Å²) in [7, 11) is 5.00. The number of urea groups is 1. The van der Waals surface area contributed by atoms with Crippen LogP contribution in [-0.4, -0.2) is 89.4 Å². The van der Waals surface area contributed by atoms with E-state index in [1.165, 1.54) is 17.7 Å². The number of methoxy groups -OCH3 is 1. The highest BCUT2D eigenvalue weighted by Gasteiger charge is 2.34. The molecule has 0 bridgehead atoms. The van der Waals surface area contributed by atoms with E-state index >= 15 is 4.39 Å². The number of ether oxygens (including phenoxy) is 1. The van der Waals surface area contributed by atoms with Gasteiger partial charge in [0.1, 0.15) is 17.1 Å². The standard InChI is InChI=1S/C40H47ClFN5O6/c1-23-24(2)38(50)44(3)22-31(23)28-20-32(41)36(34(21-28)53-5)39(51)46-16-12-29(13-17-46)45(4)40(52)47-14-10-26(11-15-47)30-8-6-25(19-33(30)42)18-27-7-9-35(48)43-37(27)49/h6,8,19-22,26-27,29H,7,9-18H2,1-5H3,(H,43,48,49). The minimum absolute atomic E-state index is 0.0179. The van der Waals surface area contributed by atoms with Gasteiger partial charge in [0.05, 0.1) is 12.1 Å². The topological polar surface area (TPSA) is 121 Å². The smallest absolute Gasteiger partial charge is 0.319 e. The molecule has 0 aliphatic carbocycles. The minimum atomic E-state index is -0.342. The number of likely N-dealkylation sites (tertiary alicyclic amines) is 2. The molecule has 6 rings (SSSR count). The highest BCUT2D eigenvalue weighted by molar-refractivity contribution is 6.34. The Bertz CT molecular complexity index is 2000. The van der Waals surface area contributed by atoms with Crippen LogP contribution in [0.2, 0.25) is 5.02 Å². The van der Waals surface area contributed by atoms with Crippen LogP contribution in [0.5, 0.6) is 5.75 Å². The molecule has 1 aromatic heterocycles. The number of nitrogens with zero attached hydrogens (tertiary/aromatic N) is 4. The van der Waals surface area contributed by atoms with Gasteiger partial charge in [0, 0.05) is 76.0 Å². The highest BCUT2D eigenvalue weighted by atomic mass is 35.5. The van der Waals surface area contributed by atoms with Crippen LogP contribution in [0.25, 0.3) is 11.1 Å². The lowest BCUT2D eigenvalue weighted by Crippen LogP contribution is -2.52. The molecule has 5 amide bonds. The minimum Gasteiger partial charge on any atom is -0.496 e. The molecule has 0 spiro atoms. The lowest BCUT2D eigenvalue weighted by Gasteiger charge is -2.40. The molecule has 3 aromatic rings. The Hall–Kier alpha value is -4.71. The maximum Gasteiger partial charge on any atom is 0.319 e. The number of benzene rings is 2. The van der Waals surface area contributed by atoms with Gasteiger partial charge < -0.3 is 24.0 Å². The second-order valence-electron chi connectivity index (χ2n) is 14.6. The number of hydrogen-bond acceptors (Lipinski definition) is 6. The van der Waals surface area contributed by atoms with E-state index in [-0.39, 0.29) is 63.6 Å². The van der Waals surface area contributed by atoms with Gasteiger partial charge in [0.15, 0.2) is 0 Å². The van der Waals surface area contributed by atoms with Gasteiger partial charge in [-0.1, -0.05) is 23.7 Å². The monoisotopic (exact) mass is 747 g/mol. The number of hydrogen-bond donors (Lipinski definition) is 1. The van der Waals surface area contributed by atoms with Gasteiger partial charge in [-0.15, -0.1) is 0 Å². The van der Waals surface area contributed by atoms with Gasteiger partial charge in [0.25, 0.3) is 11.5 Å². The van der Waals surface area contributed by atoms with Crippen LogP contribution in [0.4, 0.5) is 9.18 Å². The van der Waals surface area contributed by atoms with E-state index in [0.717, 1.165) is 22.3 Å². The first kappa shape index (κ1) is 38.0. The molecule has 282 valence electrons. The molecule has 0 radical (unpaired) electrons. The third-order valence-corrected chi connectivity index (χ3v) is 11.7. The Morgan fingerprint density at radius 2 is 1.64 bits per heavy atom. The van der Waals surface area contributed by atoms with Gasteiger partial charge in [0.2, 0.25) is 11.8 Å². The molecule has 11 nitrogen and oxygen atoms in total. The summed E-state index contributed by atoms with van der Waals surface area (Å²) < 4.78 is 22.5.